The first-order valence-electron chi connectivity index (χ1n) is 11.9. The van der Waals surface area contributed by atoms with Gasteiger partial charge in [0.15, 0.2) is 0 Å². The standard InChI is InChI=1S/C24H48OS/c1-5-6-7-8-9-10-11-12-13-14-15-16-19-26(25)24-20-22(4)17-18-23(24)21(2)3/h21-24H,5-20H2,1-4H3. The summed E-state index contributed by atoms with van der Waals surface area (Å²) in [5.41, 5.74) is 0. The van der Waals surface area contributed by atoms with Crippen LogP contribution in [0, 0.1) is 17.8 Å². The molecule has 4 atom stereocenters. The fourth-order valence-corrected chi connectivity index (χ4v) is 6.83. The molecule has 26 heavy (non-hydrogen) atoms. The van der Waals surface area contributed by atoms with Crippen molar-refractivity contribution < 1.29 is 4.21 Å². The average molecular weight is 385 g/mol. The predicted octanol–water partition coefficient (Wildman–Crippen LogP) is 7.90. The molecule has 0 bridgehead atoms. The molecule has 0 aromatic heterocycles. The van der Waals surface area contributed by atoms with E-state index in [-0.39, 0.29) is 0 Å². The molecule has 0 heterocycles. The second kappa shape index (κ2) is 15.1. The van der Waals surface area contributed by atoms with Gasteiger partial charge in [0.2, 0.25) is 0 Å². The summed E-state index contributed by atoms with van der Waals surface area (Å²) >= 11 is 0. The van der Waals surface area contributed by atoms with Crippen LogP contribution in [0.25, 0.3) is 0 Å². The Morgan fingerprint density at radius 3 is 1.81 bits per heavy atom. The molecule has 1 nitrogen and oxygen atoms in total. The number of hydrogen-bond acceptors (Lipinski definition) is 1. The van der Waals surface area contributed by atoms with Gasteiger partial charge in [-0.1, -0.05) is 105 Å². The first-order valence-corrected chi connectivity index (χ1v) is 13.3. The third kappa shape index (κ3) is 10.5. The third-order valence-electron chi connectivity index (χ3n) is 6.50. The minimum atomic E-state index is -0.592. The maximum atomic E-state index is 12.9. The van der Waals surface area contributed by atoms with Gasteiger partial charge < -0.3 is 0 Å². The Balaban J connectivity index is 2.02. The van der Waals surface area contributed by atoms with E-state index in [9.17, 15) is 4.21 Å². The van der Waals surface area contributed by atoms with Crippen molar-refractivity contribution in [3.8, 4) is 0 Å². The van der Waals surface area contributed by atoms with Crippen molar-refractivity contribution >= 4 is 10.8 Å². The molecular formula is C24H48OS. The summed E-state index contributed by atoms with van der Waals surface area (Å²) in [6.07, 6.45) is 20.4. The molecule has 1 rings (SSSR count). The summed E-state index contributed by atoms with van der Waals surface area (Å²) in [5.74, 6) is 3.13. The number of hydrogen-bond donors (Lipinski definition) is 0. The van der Waals surface area contributed by atoms with Crippen LogP contribution in [0.2, 0.25) is 0 Å². The van der Waals surface area contributed by atoms with E-state index in [4.69, 9.17) is 0 Å². The SMILES string of the molecule is CCCCCCCCCCCCCCS(=O)C1CC(C)CCC1C(C)C. The van der Waals surface area contributed by atoms with Crippen molar-refractivity contribution in [1.82, 2.24) is 0 Å². The Hall–Kier alpha value is 0.150. The number of rotatable bonds is 15. The van der Waals surface area contributed by atoms with Crippen molar-refractivity contribution in [3.05, 3.63) is 0 Å². The highest BCUT2D eigenvalue weighted by atomic mass is 32.2. The van der Waals surface area contributed by atoms with Crippen molar-refractivity contribution in [2.45, 2.75) is 129 Å². The third-order valence-corrected chi connectivity index (χ3v) is 8.41. The van der Waals surface area contributed by atoms with Crippen LogP contribution in [0.5, 0.6) is 0 Å². The zero-order chi connectivity index (χ0) is 19.2. The second-order valence-corrected chi connectivity index (χ2v) is 11.1. The topological polar surface area (TPSA) is 17.1 Å². The quantitative estimate of drug-likeness (QED) is 0.262. The van der Waals surface area contributed by atoms with Gasteiger partial charge in [0.05, 0.1) is 0 Å². The van der Waals surface area contributed by atoms with Crippen LogP contribution in [-0.2, 0) is 10.8 Å². The Bertz CT molecular complexity index is 352. The molecule has 0 aliphatic heterocycles. The van der Waals surface area contributed by atoms with E-state index in [0.29, 0.717) is 17.1 Å². The van der Waals surface area contributed by atoms with E-state index in [1.54, 1.807) is 0 Å². The molecule has 0 radical (unpaired) electrons. The molecule has 1 saturated carbocycles. The van der Waals surface area contributed by atoms with Crippen molar-refractivity contribution in [1.29, 1.82) is 0 Å². The lowest BCUT2D eigenvalue weighted by molar-refractivity contribution is 0.241. The molecule has 4 unspecified atom stereocenters. The van der Waals surface area contributed by atoms with Crippen LogP contribution in [0.15, 0.2) is 0 Å². The highest BCUT2D eigenvalue weighted by Gasteiger charge is 2.34. The molecule has 0 amide bonds. The first-order chi connectivity index (χ1) is 12.6. The lowest BCUT2D eigenvalue weighted by Gasteiger charge is -2.36. The van der Waals surface area contributed by atoms with Gasteiger partial charge in [0.25, 0.3) is 0 Å². The molecule has 2 heteroatoms. The smallest absolute Gasteiger partial charge is 0.0381 e. The second-order valence-electron chi connectivity index (χ2n) is 9.34. The monoisotopic (exact) mass is 384 g/mol. The van der Waals surface area contributed by atoms with Crippen molar-refractivity contribution in [3.63, 3.8) is 0 Å². The Labute approximate surface area is 168 Å². The molecular weight excluding hydrogens is 336 g/mol. The predicted molar refractivity (Wildman–Crippen MR) is 119 cm³/mol. The van der Waals surface area contributed by atoms with Gasteiger partial charge >= 0.3 is 0 Å². The van der Waals surface area contributed by atoms with Gasteiger partial charge in [-0.25, -0.2) is 0 Å². The normalized spacial score (nSPS) is 24.9. The molecule has 1 aliphatic carbocycles. The maximum absolute atomic E-state index is 12.9. The lowest BCUT2D eigenvalue weighted by atomic mass is 9.77. The van der Waals surface area contributed by atoms with Gasteiger partial charge in [-0.3, -0.25) is 4.21 Å². The fourth-order valence-electron chi connectivity index (χ4n) is 4.65. The van der Waals surface area contributed by atoms with Crippen LogP contribution < -0.4 is 0 Å². The molecule has 0 saturated heterocycles. The zero-order valence-corrected chi connectivity index (χ0v) is 19.3. The van der Waals surface area contributed by atoms with E-state index < -0.39 is 10.8 Å². The lowest BCUT2D eigenvalue weighted by Crippen LogP contribution is -2.36. The molecule has 0 spiro atoms. The largest absolute Gasteiger partial charge is 0.259 e. The van der Waals surface area contributed by atoms with Gasteiger partial charge in [-0.05, 0) is 37.0 Å². The minimum absolute atomic E-state index is 0.478. The van der Waals surface area contributed by atoms with Gasteiger partial charge in [0, 0.05) is 21.8 Å². The summed E-state index contributed by atoms with van der Waals surface area (Å²) in [5, 5.41) is 0.478. The fraction of sp³-hybridized carbons (Fsp3) is 1.00. The molecule has 0 aromatic carbocycles. The van der Waals surface area contributed by atoms with Gasteiger partial charge in [-0.2, -0.15) is 0 Å². The van der Waals surface area contributed by atoms with Crippen molar-refractivity contribution in [2.24, 2.45) is 17.8 Å². The summed E-state index contributed by atoms with van der Waals surface area (Å²) in [4.78, 5) is 0. The van der Waals surface area contributed by atoms with Crippen LogP contribution in [-0.4, -0.2) is 15.2 Å². The summed E-state index contributed by atoms with van der Waals surface area (Å²) < 4.78 is 12.9. The Kier molecular flexibility index (Phi) is 14.1. The molecule has 0 aromatic rings. The summed E-state index contributed by atoms with van der Waals surface area (Å²) in [6, 6.07) is 0. The van der Waals surface area contributed by atoms with Crippen LogP contribution >= 0.6 is 0 Å². The van der Waals surface area contributed by atoms with E-state index >= 15 is 0 Å². The van der Waals surface area contributed by atoms with Gasteiger partial charge in [0.1, 0.15) is 0 Å². The summed E-state index contributed by atoms with van der Waals surface area (Å²) in [6.45, 7) is 9.29. The maximum Gasteiger partial charge on any atom is 0.0381 e. The Morgan fingerprint density at radius 1 is 0.808 bits per heavy atom. The van der Waals surface area contributed by atoms with E-state index in [1.165, 1.54) is 96.3 Å². The molecule has 1 aliphatic rings. The highest BCUT2D eigenvalue weighted by molar-refractivity contribution is 7.85. The first kappa shape index (κ1) is 24.2. The Morgan fingerprint density at radius 2 is 1.31 bits per heavy atom. The molecule has 156 valence electrons. The van der Waals surface area contributed by atoms with Crippen LogP contribution in [0.1, 0.15) is 124 Å². The summed E-state index contributed by atoms with van der Waals surface area (Å²) in [7, 11) is -0.592. The molecule has 0 N–H and O–H groups in total. The van der Waals surface area contributed by atoms with E-state index in [2.05, 4.69) is 27.7 Å². The minimum Gasteiger partial charge on any atom is -0.259 e. The van der Waals surface area contributed by atoms with Crippen LogP contribution in [0.3, 0.4) is 0 Å². The zero-order valence-electron chi connectivity index (χ0n) is 18.4. The number of unbranched alkanes of at least 4 members (excludes halogenated alkanes) is 11. The van der Waals surface area contributed by atoms with E-state index in [0.717, 1.165) is 11.7 Å². The van der Waals surface area contributed by atoms with Crippen molar-refractivity contribution in [2.75, 3.05) is 5.75 Å². The van der Waals surface area contributed by atoms with Gasteiger partial charge in [-0.15, -0.1) is 0 Å². The highest BCUT2D eigenvalue weighted by Crippen LogP contribution is 2.36. The van der Waals surface area contributed by atoms with E-state index in [1.807, 2.05) is 0 Å². The van der Waals surface area contributed by atoms with Crippen LogP contribution in [0.4, 0.5) is 0 Å². The average Bonchev–Trinajstić information content (AvgIpc) is 2.62. The molecule has 1 fully saturated rings.